The van der Waals surface area contributed by atoms with E-state index in [2.05, 4.69) is 18.0 Å². The van der Waals surface area contributed by atoms with Crippen molar-refractivity contribution in [3.63, 3.8) is 0 Å². The average Bonchev–Trinajstić information content (AvgIpc) is 2.44. The fourth-order valence-electron chi connectivity index (χ4n) is 3.02. The summed E-state index contributed by atoms with van der Waals surface area (Å²) >= 11 is 0. The lowest BCUT2D eigenvalue weighted by Crippen LogP contribution is -2.36. The maximum absolute atomic E-state index is 13.6. The minimum absolute atomic E-state index is 0.00224. The molecule has 4 rings (SSSR count). The molecule has 124 valence electrons. The smallest absolute Gasteiger partial charge is 0.568 e. The normalized spacial score (nSPS) is 20.2. The van der Waals surface area contributed by atoms with Gasteiger partial charge in [-0.2, -0.15) is 0 Å². The number of hydrogen-bond donors (Lipinski definition) is 0. The Bertz CT molecular complexity index is 878. The summed E-state index contributed by atoms with van der Waals surface area (Å²) in [6.45, 7) is 2.78. The standard InChI is InChI=1S/C14H10B2F4O4/c1-7-9-3-5-12-11(13(9)23-15(17,18)21-7)6-4-10-8(2)22-16(19,20)24-14(10)12/h3-6H,1-2H3. The van der Waals surface area contributed by atoms with E-state index in [1.54, 1.807) is 0 Å². The molecular weight excluding hydrogens is 330 g/mol. The predicted molar refractivity (Wildman–Crippen MR) is 81.2 cm³/mol. The van der Waals surface area contributed by atoms with Gasteiger partial charge in [0.1, 0.15) is 22.6 Å². The van der Waals surface area contributed by atoms with Crippen molar-refractivity contribution in [3.05, 3.63) is 35.4 Å². The lowest BCUT2D eigenvalue weighted by Gasteiger charge is -2.25. The Labute approximate surface area is 133 Å². The van der Waals surface area contributed by atoms with Crippen LogP contribution >= 0.6 is 0 Å². The van der Waals surface area contributed by atoms with Crippen LogP contribution in [-0.2, 0) is 0 Å². The quantitative estimate of drug-likeness (QED) is 0.415. The molecule has 0 unspecified atom stereocenters. The monoisotopic (exact) mass is 340 g/mol. The molecule has 2 aromatic rings. The van der Waals surface area contributed by atoms with E-state index < -0.39 is 14.2 Å². The van der Waals surface area contributed by atoms with E-state index in [-0.39, 0.29) is 33.8 Å². The number of carbonyl (C=O) groups excluding carboxylic acids is 2. The summed E-state index contributed by atoms with van der Waals surface area (Å²) < 4.78 is 72.7. The van der Waals surface area contributed by atoms with Crippen molar-refractivity contribution in [3.8, 4) is 11.5 Å². The molecule has 24 heavy (non-hydrogen) atoms. The third-order valence-corrected chi connectivity index (χ3v) is 4.00. The van der Waals surface area contributed by atoms with Crippen molar-refractivity contribution in [2.75, 3.05) is 0 Å². The molecule has 0 saturated heterocycles. The van der Waals surface area contributed by atoms with Gasteiger partial charge in [-0.25, -0.2) is 0 Å². The Morgan fingerprint density at radius 2 is 1.08 bits per heavy atom. The molecular formula is C14H10B2F4O4. The van der Waals surface area contributed by atoms with Crippen LogP contribution in [0.15, 0.2) is 24.3 Å². The first-order valence-electron chi connectivity index (χ1n) is 7.20. The highest BCUT2D eigenvalue weighted by atomic mass is 19.3. The fourth-order valence-corrected chi connectivity index (χ4v) is 3.02. The van der Waals surface area contributed by atoms with Crippen LogP contribution in [0.4, 0.5) is 17.3 Å². The first kappa shape index (κ1) is 15.0. The van der Waals surface area contributed by atoms with E-state index >= 15 is 0 Å². The summed E-state index contributed by atoms with van der Waals surface area (Å²) in [5.74, 6) is -0.231. The Kier molecular flexibility index (Phi) is 2.83. The molecule has 2 aliphatic heterocycles. The van der Waals surface area contributed by atoms with E-state index in [1.807, 2.05) is 0 Å². The highest BCUT2D eigenvalue weighted by molar-refractivity contribution is 6.53. The van der Waals surface area contributed by atoms with E-state index in [4.69, 9.17) is 0 Å². The molecule has 4 nitrogen and oxygen atoms in total. The Morgan fingerprint density at radius 1 is 0.708 bits per heavy atom. The van der Waals surface area contributed by atoms with Crippen LogP contribution in [-0.4, -0.2) is 25.8 Å². The van der Waals surface area contributed by atoms with Crippen LogP contribution in [0.25, 0.3) is 10.8 Å². The second kappa shape index (κ2) is 4.52. The summed E-state index contributed by atoms with van der Waals surface area (Å²) in [5.41, 5.74) is 0.667. The van der Waals surface area contributed by atoms with Gasteiger partial charge in [0.2, 0.25) is 0 Å². The minimum Gasteiger partial charge on any atom is -0.568 e. The van der Waals surface area contributed by atoms with E-state index in [0.29, 0.717) is 11.1 Å². The van der Waals surface area contributed by atoms with Crippen LogP contribution in [0.5, 0.6) is 11.5 Å². The van der Waals surface area contributed by atoms with Gasteiger partial charge in [-0.15, -0.1) is 0 Å². The van der Waals surface area contributed by atoms with Crippen LogP contribution in [0.3, 0.4) is 0 Å². The second-order valence-corrected chi connectivity index (χ2v) is 5.63. The van der Waals surface area contributed by atoms with Gasteiger partial charge in [0.25, 0.3) is 11.6 Å². The number of halogens is 4. The topological polar surface area (TPSA) is 41.1 Å². The summed E-state index contributed by atoms with van der Waals surface area (Å²) in [7, 11) is -9.03. The molecule has 2 aromatic carbocycles. The first-order chi connectivity index (χ1) is 11.2. The largest absolute Gasteiger partial charge is 0.994 e. The molecule has 0 atom stereocenters. The summed E-state index contributed by atoms with van der Waals surface area (Å²) in [6.07, 6.45) is 0. The van der Waals surface area contributed by atoms with E-state index in [0.717, 1.165) is 0 Å². The molecule has 0 spiro atoms. The van der Waals surface area contributed by atoms with Crippen molar-refractivity contribution >= 4 is 36.6 Å². The number of benzene rings is 2. The molecule has 0 amide bonds. The predicted octanol–water partition coefficient (Wildman–Crippen LogP) is 3.85. The lowest BCUT2D eigenvalue weighted by molar-refractivity contribution is -0.183. The van der Waals surface area contributed by atoms with Crippen molar-refractivity contribution in [1.82, 2.24) is 0 Å². The van der Waals surface area contributed by atoms with Crippen molar-refractivity contribution < 1.29 is 35.3 Å². The van der Waals surface area contributed by atoms with Gasteiger partial charge < -0.3 is 35.3 Å². The molecule has 0 fully saturated rings. The number of hydrogen-bond acceptors (Lipinski definition) is 2. The zero-order valence-corrected chi connectivity index (χ0v) is 12.6. The number of fused-ring (bicyclic) bond motifs is 5. The third-order valence-electron chi connectivity index (χ3n) is 4.00. The molecule has 0 radical (unpaired) electrons. The molecule has 2 heterocycles. The summed E-state index contributed by atoms with van der Waals surface area (Å²) in [4.78, 5) is 0. The molecule has 2 aliphatic rings. The third kappa shape index (κ3) is 2.16. The van der Waals surface area contributed by atoms with Crippen LogP contribution in [0.2, 0.25) is 0 Å². The van der Waals surface area contributed by atoms with E-state index in [9.17, 15) is 17.3 Å². The van der Waals surface area contributed by atoms with Gasteiger partial charge in [-0.05, 0) is 24.3 Å². The maximum atomic E-state index is 13.6. The van der Waals surface area contributed by atoms with Crippen LogP contribution in [0, 0.1) is 0 Å². The van der Waals surface area contributed by atoms with Crippen molar-refractivity contribution in [1.29, 1.82) is 0 Å². The molecule has 0 N–H and O–H groups in total. The summed E-state index contributed by atoms with van der Waals surface area (Å²) in [5, 5.41) is 0.466. The molecule has 0 saturated carbocycles. The lowest BCUT2D eigenvalue weighted by atomic mass is 9.95. The first-order valence-corrected chi connectivity index (χ1v) is 7.20. The Hall–Kier alpha value is -2.51. The number of ketones is 2. The van der Waals surface area contributed by atoms with Crippen molar-refractivity contribution in [2.45, 2.75) is 13.8 Å². The van der Waals surface area contributed by atoms with Gasteiger partial charge in [0.05, 0.1) is 0 Å². The van der Waals surface area contributed by atoms with Gasteiger partial charge in [0, 0.05) is 24.6 Å². The Balaban J connectivity index is 2.02. The average molecular weight is 340 g/mol. The number of rotatable bonds is 0. The second-order valence-electron chi connectivity index (χ2n) is 5.63. The summed E-state index contributed by atoms with van der Waals surface area (Å²) in [6, 6.07) is 5.95. The minimum atomic E-state index is -4.52. The van der Waals surface area contributed by atoms with Gasteiger partial charge in [-0.1, -0.05) is 0 Å². The molecule has 0 bridgehead atoms. The SMILES string of the molecule is CC1=[O+][B-](F)(F)Oc2c1ccc1c3c(ccc21)C(C)=[O+][B-](F)(F)O3. The van der Waals surface area contributed by atoms with Gasteiger partial charge >= 0.3 is 14.2 Å². The van der Waals surface area contributed by atoms with E-state index in [1.165, 1.54) is 38.1 Å². The maximum Gasteiger partial charge on any atom is 0.994 e. The molecule has 10 heteroatoms. The van der Waals surface area contributed by atoms with Gasteiger partial charge in [-0.3, -0.25) is 0 Å². The zero-order chi connectivity index (χ0) is 17.3. The van der Waals surface area contributed by atoms with Crippen LogP contribution in [0.1, 0.15) is 33.7 Å². The van der Waals surface area contributed by atoms with Gasteiger partial charge in [0.15, 0.2) is 0 Å². The highest BCUT2D eigenvalue weighted by Crippen LogP contribution is 2.43. The zero-order valence-electron chi connectivity index (χ0n) is 12.6. The fraction of sp³-hybridized carbons (Fsp3) is 0.143. The Morgan fingerprint density at radius 3 is 1.46 bits per heavy atom. The molecule has 0 aromatic heterocycles. The van der Waals surface area contributed by atoms with Crippen LogP contribution < -0.4 is 9.31 Å². The highest BCUT2D eigenvalue weighted by Gasteiger charge is 2.55. The molecule has 0 aliphatic carbocycles. The van der Waals surface area contributed by atoms with Crippen molar-refractivity contribution in [2.24, 2.45) is 0 Å².